The molecule has 126 valence electrons. The predicted molar refractivity (Wildman–Crippen MR) is 99.6 cm³/mol. The average molecular weight is 382 g/mol. The summed E-state index contributed by atoms with van der Waals surface area (Å²) in [5.74, 6) is 0.832. The Hall–Kier alpha value is -1.25. The minimum Gasteiger partial charge on any atom is -0.370 e. The van der Waals surface area contributed by atoms with Crippen LogP contribution in [-0.4, -0.2) is 47.6 Å². The number of morpholine rings is 1. The second-order valence-corrected chi connectivity index (χ2v) is 7.67. The van der Waals surface area contributed by atoms with E-state index in [4.69, 9.17) is 28.6 Å². The molecule has 0 saturated carbocycles. The van der Waals surface area contributed by atoms with Gasteiger partial charge < -0.3 is 9.64 Å². The molecule has 0 unspecified atom stereocenters. The predicted octanol–water partition coefficient (Wildman–Crippen LogP) is 2.39. The quantitative estimate of drug-likeness (QED) is 0.682. The molecule has 3 heterocycles. The molecule has 2 aromatic heterocycles. The lowest BCUT2D eigenvalue weighted by molar-refractivity contribution is -0.908. The summed E-state index contributed by atoms with van der Waals surface area (Å²) in [6.07, 6.45) is 0. The Balaban J connectivity index is 1.65. The molecule has 1 aliphatic heterocycles. The molecular formula is C16H18ClN4OS2+. The van der Waals surface area contributed by atoms with Crippen molar-refractivity contribution in [2.24, 2.45) is 0 Å². The number of thiophene rings is 1. The van der Waals surface area contributed by atoms with Crippen molar-refractivity contribution in [3.8, 4) is 10.7 Å². The molecule has 0 radical (unpaired) electrons. The highest BCUT2D eigenvalue weighted by atomic mass is 35.5. The Bertz CT molecular complexity index is 910. The number of rotatable bonds is 4. The fraction of sp³-hybridized carbons (Fsp3) is 0.375. The van der Waals surface area contributed by atoms with E-state index in [-0.39, 0.29) is 0 Å². The van der Waals surface area contributed by atoms with Crippen LogP contribution in [0.25, 0.3) is 20.8 Å². The zero-order chi connectivity index (χ0) is 16.5. The van der Waals surface area contributed by atoms with Crippen LogP contribution in [0.2, 0.25) is 5.02 Å². The van der Waals surface area contributed by atoms with Crippen LogP contribution < -0.4 is 4.90 Å². The van der Waals surface area contributed by atoms with E-state index in [2.05, 4.69) is 20.8 Å². The molecule has 2 N–H and O–H groups in total. The number of ether oxygens (including phenoxy) is 1. The summed E-state index contributed by atoms with van der Waals surface area (Å²) in [7, 11) is 0. The zero-order valence-electron chi connectivity index (χ0n) is 13.0. The van der Waals surface area contributed by atoms with E-state index in [9.17, 15) is 0 Å². The number of aromatic nitrogens is 3. The van der Waals surface area contributed by atoms with Crippen molar-refractivity contribution < 1.29 is 9.64 Å². The monoisotopic (exact) mass is 381 g/mol. The molecule has 1 saturated heterocycles. The molecule has 5 nitrogen and oxygen atoms in total. The average Bonchev–Trinajstić information content (AvgIpc) is 3.14. The van der Waals surface area contributed by atoms with E-state index in [1.54, 1.807) is 11.3 Å². The summed E-state index contributed by atoms with van der Waals surface area (Å²) in [5, 5.41) is 9.19. The first-order valence-corrected chi connectivity index (χ1v) is 9.58. The zero-order valence-corrected chi connectivity index (χ0v) is 15.4. The van der Waals surface area contributed by atoms with Gasteiger partial charge in [0.2, 0.25) is 0 Å². The van der Waals surface area contributed by atoms with Gasteiger partial charge in [-0.25, -0.2) is 0 Å². The summed E-state index contributed by atoms with van der Waals surface area (Å²) in [6.45, 7) is 5.59. The maximum absolute atomic E-state index is 6.61. The fourth-order valence-electron chi connectivity index (χ4n) is 3.04. The van der Waals surface area contributed by atoms with Crippen molar-refractivity contribution in [1.82, 2.24) is 14.8 Å². The Kier molecular flexibility index (Phi) is 4.69. The van der Waals surface area contributed by atoms with Gasteiger partial charge >= 0.3 is 0 Å². The minimum absolute atomic E-state index is 0.645. The van der Waals surface area contributed by atoms with Crippen LogP contribution in [0, 0.1) is 4.77 Å². The number of nitrogens with one attached hydrogen (secondary N) is 2. The van der Waals surface area contributed by atoms with Crippen molar-refractivity contribution in [3.05, 3.63) is 34.1 Å². The number of hydrogen-bond acceptors (Lipinski definition) is 4. The Labute approximate surface area is 153 Å². The molecule has 0 atom stereocenters. The molecule has 4 rings (SSSR count). The van der Waals surface area contributed by atoms with E-state index in [1.165, 1.54) is 4.90 Å². The number of benzene rings is 1. The van der Waals surface area contributed by atoms with Gasteiger partial charge in [0.25, 0.3) is 0 Å². The number of H-pyrrole nitrogens is 1. The molecule has 3 aromatic rings. The fourth-order valence-corrected chi connectivity index (χ4v) is 4.77. The first-order valence-electron chi connectivity index (χ1n) is 7.98. The Morgan fingerprint density at radius 3 is 2.92 bits per heavy atom. The Morgan fingerprint density at radius 2 is 2.12 bits per heavy atom. The van der Waals surface area contributed by atoms with Crippen molar-refractivity contribution in [2.75, 3.05) is 32.8 Å². The largest absolute Gasteiger partial charge is 0.370 e. The summed E-state index contributed by atoms with van der Waals surface area (Å²) in [6, 6.07) is 8.15. The van der Waals surface area contributed by atoms with E-state index in [0.29, 0.717) is 4.77 Å². The number of fused-ring (bicyclic) bond motifs is 1. The lowest BCUT2D eigenvalue weighted by Crippen LogP contribution is -3.14. The lowest BCUT2D eigenvalue weighted by atomic mass is 10.2. The van der Waals surface area contributed by atoms with Gasteiger partial charge in [-0.1, -0.05) is 29.8 Å². The standard InChI is InChI=1S/C16H17ClN4OS2/c17-13-11-3-1-2-4-12(11)24-14(13)15-18-19-16(23)21(15)6-5-20-7-9-22-10-8-20/h1-4H,5-10H2,(H,19,23)/p+1. The normalized spacial score (nSPS) is 16.0. The van der Waals surface area contributed by atoms with Gasteiger partial charge in [0, 0.05) is 10.1 Å². The van der Waals surface area contributed by atoms with Crippen molar-refractivity contribution in [1.29, 1.82) is 0 Å². The van der Waals surface area contributed by atoms with Crippen molar-refractivity contribution in [2.45, 2.75) is 6.54 Å². The molecule has 8 heteroatoms. The Morgan fingerprint density at radius 1 is 1.33 bits per heavy atom. The molecule has 0 bridgehead atoms. The molecule has 0 spiro atoms. The molecular weight excluding hydrogens is 364 g/mol. The highest BCUT2D eigenvalue weighted by Gasteiger charge is 2.19. The number of halogens is 1. The summed E-state index contributed by atoms with van der Waals surface area (Å²) < 4.78 is 9.29. The second-order valence-electron chi connectivity index (χ2n) is 5.86. The van der Waals surface area contributed by atoms with Gasteiger partial charge in [0.05, 0.1) is 36.2 Å². The first-order chi connectivity index (χ1) is 11.7. The third-order valence-corrected chi connectivity index (χ3v) is 6.37. The van der Waals surface area contributed by atoms with Crippen LogP contribution in [0.15, 0.2) is 24.3 Å². The van der Waals surface area contributed by atoms with Crippen molar-refractivity contribution >= 4 is 45.2 Å². The third kappa shape index (κ3) is 3.02. The maximum Gasteiger partial charge on any atom is 0.195 e. The van der Waals surface area contributed by atoms with Gasteiger partial charge in [0.1, 0.15) is 13.1 Å². The van der Waals surface area contributed by atoms with Crippen molar-refractivity contribution in [3.63, 3.8) is 0 Å². The van der Waals surface area contributed by atoms with E-state index in [1.807, 2.05) is 18.2 Å². The van der Waals surface area contributed by atoms with Crippen LogP contribution in [-0.2, 0) is 11.3 Å². The highest BCUT2D eigenvalue weighted by Crippen LogP contribution is 2.41. The number of nitrogens with zero attached hydrogens (tertiary/aromatic N) is 2. The minimum atomic E-state index is 0.645. The van der Waals surface area contributed by atoms with Crippen LogP contribution >= 0.6 is 35.2 Å². The topological polar surface area (TPSA) is 47.3 Å². The highest BCUT2D eigenvalue weighted by molar-refractivity contribution is 7.71. The van der Waals surface area contributed by atoms with Gasteiger partial charge in [-0.3, -0.25) is 9.67 Å². The summed E-state index contributed by atoms with van der Waals surface area (Å²) in [5.41, 5.74) is 0. The van der Waals surface area contributed by atoms with Crippen LogP contribution in [0.5, 0.6) is 0 Å². The van der Waals surface area contributed by atoms with E-state index < -0.39 is 0 Å². The van der Waals surface area contributed by atoms with Gasteiger partial charge in [0.15, 0.2) is 10.6 Å². The number of hydrogen-bond donors (Lipinski definition) is 2. The number of aromatic amines is 1. The summed E-state index contributed by atoms with van der Waals surface area (Å²) in [4.78, 5) is 2.51. The second kappa shape index (κ2) is 6.93. The van der Waals surface area contributed by atoms with E-state index >= 15 is 0 Å². The molecule has 0 aliphatic carbocycles. The van der Waals surface area contributed by atoms with Gasteiger partial charge in [-0.15, -0.1) is 11.3 Å². The molecule has 0 amide bonds. The van der Waals surface area contributed by atoms with Crippen LogP contribution in [0.1, 0.15) is 0 Å². The lowest BCUT2D eigenvalue weighted by Gasteiger charge is -2.23. The molecule has 1 aliphatic rings. The van der Waals surface area contributed by atoms with Gasteiger partial charge in [-0.2, -0.15) is 5.10 Å². The number of quaternary nitrogens is 1. The SMILES string of the molecule is S=c1[nH]nc(-c2sc3ccccc3c2Cl)n1CC[NH+]1CCOCC1. The smallest absolute Gasteiger partial charge is 0.195 e. The maximum atomic E-state index is 6.61. The van der Waals surface area contributed by atoms with Crippen LogP contribution in [0.4, 0.5) is 0 Å². The third-order valence-electron chi connectivity index (χ3n) is 4.39. The molecule has 24 heavy (non-hydrogen) atoms. The first kappa shape index (κ1) is 16.2. The summed E-state index contributed by atoms with van der Waals surface area (Å²) >= 11 is 13.7. The van der Waals surface area contributed by atoms with Gasteiger partial charge in [-0.05, 0) is 18.3 Å². The van der Waals surface area contributed by atoms with E-state index in [0.717, 1.165) is 65.2 Å². The van der Waals surface area contributed by atoms with Crippen LogP contribution in [0.3, 0.4) is 0 Å². The molecule has 1 fully saturated rings. The molecule has 1 aromatic carbocycles.